The van der Waals surface area contributed by atoms with E-state index < -0.39 is 0 Å². The molecule has 2 aliphatic heterocycles. The lowest BCUT2D eigenvalue weighted by atomic mass is 10.1. The highest BCUT2D eigenvalue weighted by atomic mass is 16.5. The standard InChI is InChI=1S/C12H24N2O/c1-11-8-13-5-6-14(9-11)10-12-4-2-3-7-15-12/h11-13H,2-10H2,1H3. The number of hydrogen-bond acceptors (Lipinski definition) is 3. The lowest BCUT2D eigenvalue weighted by molar-refractivity contribution is -0.00604. The van der Waals surface area contributed by atoms with Crippen LogP contribution >= 0.6 is 0 Å². The molecule has 88 valence electrons. The van der Waals surface area contributed by atoms with Crippen molar-refractivity contribution in [3.05, 3.63) is 0 Å². The molecule has 2 aliphatic rings. The molecule has 0 amide bonds. The van der Waals surface area contributed by atoms with Crippen molar-refractivity contribution in [1.82, 2.24) is 10.2 Å². The summed E-state index contributed by atoms with van der Waals surface area (Å²) in [6.07, 6.45) is 4.38. The van der Waals surface area contributed by atoms with Gasteiger partial charge in [-0.05, 0) is 31.7 Å². The maximum Gasteiger partial charge on any atom is 0.0702 e. The van der Waals surface area contributed by atoms with Crippen molar-refractivity contribution >= 4 is 0 Å². The first-order valence-corrected chi connectivity index (χ1v) is 6.39. The molecule has 3 nitrogen and oxygen atoms in total. The van der Waals surface area contributed by atoms with Crippen LogP contribution in [0.2, 0.25) is 0 Å². The van der Waals surface area contributed by atoms with E-state index in [0.29, 0.717) is 6.10 Å². The largest absolute Gasteiger partial charge is 0.377 e. The van der Waals surface area contributed by atoms with E-state index in [4.69, 9.17) is 4.74 Å². The minimum absolute atomic E-state index is 0.504. The maximum absolute atomic E-state index is 5.79. The van der Waals surface area contributed by atoms with Gasteiger partial charge in [-0.15, -0.1) is 0 Å². The first-order chi connectivity index (χ1) is 7.34. The van der Waals surface area contributed by atoms with Crippen LogP contribution in [0.1, 0.15) is 26.2 Å². The molecule has 0 spiro atoms. The molecule has 0 aromatic carbocycles. The third-order valence-electron chi connectivity index (χ3n) is 3.40. The van der Waals surface area contributed by atoms with Crippen LogP contribution in [0.4, 0.5) is 0 Å². The molecule has 0 aliphatic carbocycles. The predicted molar refractivity (Wildman–Crippen MR) is 62.1 cm³/mol. The van der Waals surface area contributed by atoms with E-state index in [0.717, 1.165) is 25.6 Å². The lowest BCUT2D eigenvalue weighted by Crippen LogP contribution is -2.38. The molecule has 3 heteroatoms. The van der Waals surface area contributed by atoms with Crippen molar-refractivity contribution in [2.45, 2.75) is 32.3 Å². The Labute approximate surface area is 93.2 Å². The van der Waals surface area contributed by atoms with Crippen LogP contribution in [0, 0.1) is 5.92 Å². The second-order valence-electron chi connectivity index (χ2n) is 5.06. The molecule has 0 radical (unpaired) electrons. The average molecular weight is 212 g/mol. The van der Waals surface area contributed by atoms with E-state index in [1.54, 1.807) is 0 Å². The summed E-state index contributed by atoms with van der Waals surface area (Å²) in [4.78, 5) is 2.57. The normalized spacial score (nSPS) is 35.0. The Kier molecular flexibility index (Phi) is 4.42. The molecule has 2 fully saturated rings. The third kappa shape index (κ3) is 3.74. The first kappa shape index (κ1) is 11.4. The van der Waals surface area contributed by atoms with Gasteiger partial charge in [0.15, 0.2) is 0 Å². The highest BCUT2D eigenvalue weighted by Gasteiger charge is 2.20. The van der Waals surface area contributed by atoms with Gasteiger partial charge in [0.2, 0.25) is 0 Å². The molecule has 2 unspecified atom stereocenters. The van der Waals surface area contributed by atoms with Crippen LogP contribution in [-0.4, -0.2) is 50.3 Å². The van der Waals surface area contributed by atoms with Crippen molar-refractivity contribution in [3.8, 4) is 0 Å². The second kappa shape index (κ2) is 5.83. The monoisotopic (exact) mass is 212 g/mol. The Bertz CT molecular complexity index is 180. The van der Waals surface area contributed by atoms with Crippen molar-refractivity contribution in [2.24, 2.45) is 5.92 Å². The van der Waals surface area contributed by atoms with Gasteiger partial charge in [0.25, 0.3) is 0 Å². The lowest BCUT2D eigenvalue weighted by Gasteiger charge is -2.29. The summed E-state index contributed by atoms with van der Waals surface area (Å²) in [5.41, 5.74) is 0. The molecular weight excluding hydrogens is 188 g/mol. The van der Waals surface area contributed by atoms with Gasteiger partial charge in [-0.3, -0.25) is 4.90 Å². The zero-order chi connectivity index (χ0) is 10.5. The van der Waals surface area contributed by atoms with E-state index in [1.165, 1.54) is 38.9 Å². The Morgan fingerprint density at radius 2 is 2.33 bits per heavy atom. The molecule has 2 saturated heterocycles. The fourth-order valence-corrected chi connectivity index (χ4v) is 2.59. The van der Waals surface area contributed by atoms with Gasteiger partial charge < -0.3 is 10.1 Å². The predicted octanol–water partition coefficient (Wildman–Crippen LogP) is 1.10. The van der Waals surface area contributed by atoms with Crippen molar-refractivity contribution in [1.29, 1.82) is 0 Å². The van der Waals surface area contributed by atoms with Gasteiger partial charge in [0.05, 0.1) is 6.10 Å². The third-order valence-corrected chi connectivity index (χ3v) is 3.40. The maximum atomic E-state index is 5.79. The van der Waals surface area contributed by atoms with Crippen LogP contribution in [0.25, 0.3) is 0 Å². The Morgan fingerprint density at radius 3 is 3.13 bits per heavy atom. The quantitative estimate of drug-likeness (QED) is 0.742. The van der Waals surface area contributed by atoms with E-state index in [9.17, 15) is 0 Å². The molecule has 2 heterocycles. The molecule has 15 heavy (non-hydrogen) atoms. The van der Waals surface area contributed by atoms with Crippen molar-refractivity contribution in [2.75, 3.05) is 39.3 Å². The highest BCUT2D eigenvalue weighted by Crippen LogP contribution is 2.14. The number of rotatable bonds is 2. The Hall–Kier alpha value is -0.120. The minimum Gasteiger partial charge on any atom is -0.377 e. The van der Waals surface area contributed by atoms with Crippen LogP contribution < -0.4 is 5.32 Å². The van der Waals surface area contributed by atoms with Crippen LogP contribution in [0.15, 0.2) is 0 Å². The first-order valence-electron chi connectivity index (χ1n) is 6.39. The second-order valence-corrected chi connectivity index (χ2v) is 5.06. The average Bonchev–Trinajstić information content (AvgIpc) is 2.44. The summed E-state index contributed by atoms with van der Waals surface area (Å²) in [7, 11) is 0. The van der Waals surface area contributed by atoms with Gasteiger partial charge in [0, 0.05) is 32.8 Å². The molecule has 2 rings (SSSR count). The minimum atomic E-state index is 0.504. The summed E-state index contributed by atoms with van der Waals surface area (Å²) >= 11 is 0. The van der Waals surface area contributed by atoms with Gasteiger partial charge >= 0.3 is 0 Å². The van der Waals surface area contributed by atoms with E-state index in [-0.39, 0.29) is 0 Å². The van der Waals surface area contributed by atoms with Crippen LogP contribution in [0.5, 0.6) is 0 Å². The fourth-order valence-electron chi connectivity index (χ4n) is 2.59. The molecule has 0 saturated carbocycles. The molecule has 1 N–H and O–H groups in total. The molecule has 0 aromatic rings. The van der Waals surface area contributed by atoms with Gasteiger partial charge in [-0.2, -0.15) is 0 Å². The van der Waals surface area contributed by atoms with Crippen molar-refractivity contribution < 1.29 is 4.74 Å². The smallest absolute Gasteiger partial charge is 0.0702 e. The Morgan fingerprint density at radius 1 is 1.40 bits per heavy atom. The summed E-state index contributed by atoms with van der Waals surface area (Å²) in [6.45, 7) is 9.17. The summed E-state index contributed by atoms with van der Waals surface area (Å²) in [5.74, 6) is 0.774. The Balaban J connectivity index is 1.76. The zero-order valence-corrected chi connectivity index (χ0v) is 9.87. The van der Waals surface area contributed by atoms with Crippen LogP contribution in [-0.2, 0) is 4.74 Å². The zero-order valence-electron chi connectivity index (χ0n) is 9.87. The van der Waals surface area contributed by atoms with Crippen LogP contribution in [0.3, 0.4) is 0 Å². The molecule has 0 bridgehead atoms. The summed E-state index contributed by atoms with van der Waals surface area (Å²) < 4.78 is 5.79. The SMILES string of the molecule is CC1CNCCN(CC2CCCCO2)C1. The number of nitrogens with zero attached hydrogens (tertiary/aromatic N) is 1. The summed E-state index contributed by atoms with van der Waals surface area (Å²) in [6, 6.07) is 0. The topological polar surface area (TPSA) is 24.5 Å². The molecule has 2 atom stereocenters. The van der Waals surface area contributed by atoms with Gasteiger partial charge in [-0.1, -0.05) is 6.92 Å². The van der Waals surface area contributed by atoms with E-state index >= 15 is 0 Å². The van der Waals surface area contributed by atoms with E-state index in [2.05, 4.69) is 17.1 Å². The van der Waals surface area contributed by atoms with Gasteiger partial charge in [-0.25, -0.2) is 0 Å². The fraction of sp³-hybridized carbons (Fsp3) is 1.00. The number of ether oxygens (including phenoxy) is 1. The van der Waals surface area contributed by atoms with Crippen molar-refractivity contribution in [3.63, 3.8) is 0 Å². The number of hydrogen-bond donors (Lipinski definition) is 1. The molecular formula is C12H24N2O. The molecule has 0 aromatic heterocycles. The summed E-state index contributed by atoms with van der Waals surface area (Å²) in [5, 5.41) is 3.48. The highest BCUT2D eigenvalue weighted by molar-refractivity contribution is 4.75. The number of nitrogens with one attached hydrogen (secondary N) is 1. The van der Waals surface area contributed by atoms with E-state index in [1.807, 2.05) is 0 Å². The van der Waals surface area contributed by atoms with Gasteiger partial charge in [0.1, 0.15) is 0 Å².